The Hall–Kier alpha value is -1.45. The number of rotatable bonds is 4. The van der Waals surface area contributed by atoms with E-state index >= 15 is 0 Å². The van der Waals surface area contributed by atoms with Gasteiger partial charge in [-0.3, -0.25) is 14.4 Å². The minimum Gasteiger partial charge on any atom is -0.309 e. The van der Waals surface area contributed by atoms with Crippen LogP contribution in [0, 0.1) is 0 Å². The third-order valence-electron chi connectivity index (χ3n) is 3.94. The van der Waals surface area contributed by atoms with Gasteiger partial charge in [0.25, 0.3) is 5.56 Å². The maximum atomic E-state index is 12.0. The molecule has 4 heterocycles. The Bertz CT molecular complexity index is 881. The van der Waals surface area contributed by atoms with Crippen molar-refractivity contribution in [3.05, 3.63) is 45.1 Å². The zero-order chi connectivity index (χ0) is 15.8. The van der Waals surface area contributed by atoms with Gasteiger partial charge in [-0.25, -0.2) is 4.98 Å². The van der Waals surface area contributed by atoms with Gasteiger partial charge in [0.2, 0.25) is 0 Å². The molecule has 1 aliphatic rings. The van der Waals surface area contributed by atoms with Crippen LogP contribution in [0.5, 0.6) is 0 Å². The monoisotopic (exact) mass is 402 g/mol. The van der Waals surface area contributed by atoms with Crippen molar-refractivity contribution in [3.8, 4) is 0 Å². The smallest absolute Gasteiger partial charge is 0.268 e. The number of fused-ring (bicyclic) bond motifs is 2. The van der Waals surface area contributed by atoms with Gasteiger partial charge in [0, 0.05) is 19.6 Å². The number of nitrogens with one attached hydrogen (secondary N) is 2. The molecule has 10 heteroatoms. The molecular weight excluding hydrogens is 383 g/mol. The zero-order valence-corrected chi connectivity index (χ0v) is 16.1. The van der Waals surface area contributed by atoms with Gasteiger partial charge in [0.05, 0.1) is 30.0 Å². The fourth-order valence-corrected chi connectivity index (χ4v) is 3.64. The molecule has 25 heavy (non-hydrogen) atoms. The van der Waals surface area contributed by atoms with E-state index in [1.807, 2.05) is 18.5 Å². The second-order valence-corrected chi connectivity index (χ2v) is 6.76. The molecular formula is C15H20Cl2N6OS. The molecule has 0 aromatic carbocycles. The third kappa shape index (κ3) is 4.21. The summed E-state index contributed by atoms with van der Waals surface area (Å²) in [5.74, 6) is 0.689. The first-order valence-electron chi connectivity index (χ1n) is 7.60. The molecule has 0 amide bonds. The van der Waals surface area contributed by atoms with Crippen molar-refractivity contribution in [1.29, 1.82) is 0 Å². The number of halogens is 2. The molecule has 136 valence electrons. The van der Waals surface area contributed by atoms with Gasteiger partial charge < -0.3 is 10.3 Å². The first-order chi connectivity index (χ1) is 11.2. The highest BCUT2D eigenvalue weighted by molar-refractivity contribution is 7.17. The quantitative estimate of drug-likeness (QED) is 0.694. The highest BCUT2D eigenvalue weighted by atomic mass is 35.5. The number of thiophene rings is 1. The summed E-state index contributed by atoms with van der Waals surface area (Å²) < 4.78 is 2.75. The SMILES string of the molecule is CN(Cc1cc2n(n1)CCNC2)Cc1nc2ccsc2c(=O)[nH]1.Cl.Cl. The van der Waals surface area contributed by atoms with E-state index in [2.05, 4.69) is 36.0 Å². The summed E-state index contributed by atoms with van der Waals surface area (Å²) in [4.78, 5) is 21.5. The predicted molar refractivity (Wildman–Crippen MR) is 104 cm³/mol. The lowest BCUT2D eigenvalue weighted by Crippen LogP contribution is -2.28. The van der Waals surface area contributed by atoms with Crippen LogP contribution in [0.2, 0.25) is 0 Å². The van der Waals surface area contributed by atoms with Gasteiger partial charge in [0.15, 0.2) is 0 Å². The van der Waals surface area contributed by atoms with Crippen molar-refractivity contribution in [2.45, 2.75) is 26.2 Å². The van der Waals surface area contributed by atoms with E-state index in [-0.39, 0.29) is 30.4 Å². The molecule has 0 saturated heterocycles. The lowest BCUT2D eigenvalue weighted by molar-refractivity contribution is 0.305. The number of hydrogen-bond donors (Lipinski definition) is 2. The zero-order valence-electron chi connectivity index (χ0n) is 13.7. The predicted octanol–water partition coefficient (Wildman–Crippen LogP) is 1.76. The molecule has 3 aromatic heterocycles. The van der Waals surface area contributed by atoms with Crippen LogP contribution in [0.3, 0.4) is 0 Å². The lowest BCUT2D eigenvalue weighted by atomic mass is 10.3. The summed E-state index contributed by atoms with van der Waals surface area (Å²) in [5.41, 5.74) is 2.98. The molecule has 0 bridgehead atoms. The summed E-state index contributed by atoms with van der Waals surface area (Å²) in [5, 5.41) is 9.87. The molecule has 0 spiro atoms. The normalized spacial score (nSPS) is 13.4. The summed E-state index contributed by atoms with van der Waals surface area (Å²) in [6.07, 6.45) is 0. The van der Waals surface area contributed by atoms with E-state index in [9.17, 15) is 4.79 Å². The number of aromatic nitrogens is 4. The minimum atomic E-state index is -0.0584. The minimum absolute atomic E-state index is 0. The molecule has 0 fully saturated rings. The Balaban J connectivity index is 0.00000113. The number of hydrogen-bond acceptors (Lipinski definition) is 6. The number of nitrogens with zero attached hydrogens (tertiary/aromatic N) is 4. The Morgan fingerprint density at radius 2 is 2.20 bits per heavy atom. The van der Waals surface area contributed by atoms with Gasteiger partial charge in [0.1, 0.15) is 10.5 Å². The van der Waals surface area contributed by atoms with Gasteiger partial charge in [-0.1, -0.05) is 0 Å². The van der Waals surface area contributed by atoms with E-state index in [4.69, 9.17) is 0 Å². The Kier molecular flexibility index (Phi) is 6.59. The maximum Gasteiger partial charge on any atom is 0.268 e. The molecule has 0 saturated carbocycles. The number of aromatic amines is 1. The summed E-state index contributed by atoms with van der Waals surface area (Å²) in [7, 11) is 2.01. The first kappa shape index (κ1) is 19.9. The summed E-state index contributed by atoms with van der Waals surface area (Å²) in [6, 6.07) is 4.02. The molecule has 0 unspecified atom stereocenters. The summed E-state index contributed by atoms with van der Waals surface area (Å²) in [6.45, 7) is 4.08. The molecule has 7 nitrogen and oxygen atoms in total. The average molecular weight is 403 g/mol. The molecule has 0 radical (unpaired) electrons. The van der Waals surface area contributed by atoms with Gasteiger partial charge >= 0.3 is 0 Å². The van der Waals surface area contributed by atoms with Gasteiger partial charge in [-0.15, -0.1) is 36.2 Å². The molecule has 0 aliphatic carbocycles. The standard InChI is InChI=1S/C15H18N6OS.2ClH/c1-20(8-10-6-11-7-16-3-4-21(11)19-10)9-13-17-12-2-5-23-14(12)15(22)18-13;;/h2,5-6,16H,3-4,7-9H2,1H3,(H,17,18,22);2*1H. The van der Waals surface area contributed by atoms with Crippen LogP contribution in [0.25, 0.3) is 10.2 Å². The van der Waals surface area contributed by atoms with E-state index in [0.29, 0.717) is 17.1 Å². The first-order valence-corrected chi connectivity index (χ1v) is 8.48. The van der Waals surface area contributed by atoms with Gasteiger partial charge in [-0.05, 0) is 24.6 Å². The van der Waals surface area contributed by atoms with E-state index in [1.54, 1.807) is 0 Å². The van der Waals surface area contributed by atoms with Crippen molar-refractivity contribution in [2.75, 3.05) is 13.6 Å². The van der Waals surface area contributed by atoms with Crippen molar-refractivity contribution < 1.29 is 0 Å². The Labute approximate surface area is 161 Å². The molecule has 1 aliphatic heterocycles. The van der Waals surface area contributed by atoms with Crippen LogP contribution in [-0.4, -0.2) is 38.2 Å². The molecule has 3 aromatic rings. The van der Waals surface area contributed by atoms with Crippen LogP contribution < -0.4 is 10.9 Å². The van der Waals surface area contributed by atoms with Crippen LogP contribution >= 0.6 is 36.2 Å². The molecule has 4 rings (SSSR count). The fourth-order valence-electron chi connectivity index (χ4n) is 2.91. The Morgan fingerprint density at radius 3 is 3.00 bits per heavy atom. The van der Waals surface area contributed by atoms with Crippen molar-refractivity contribution in [3.63, 3.8) is 0 Å². The third-order valence-corrected chi connectivity index (χ3v) is 4.84. The topological polar surface area (TPSA) is 78.8 Å². The van der Waals surface area contributed by atoms with Crippen molar-refractivity contribution >= 4 is 46.4 Å². The molecule has 2 N–H and O–H groups in total. The second-order valence-electron chi connectivity index (χ2n) is 5.85. The fraction of sp³-hybridized carbons (Fsp3) is 0.400. The highest BCUT2D eigenvalue weighted by Gasteiger charge is 2.13. The van der Waals surface area contributed by atoms with Crippen LogP contribution in [0.4, 0.5) is 0 Å². The maximum absolute atomic E-state index is 12.0. The lowest BCUT2D eigenvalue weighted by Gasteiger charge is -2.14. The molecule has 0 atom stereocenters. The van der Waals surface area contributed by atoms with Crippen LogP contribution in [-0.2, 0) is 26.2 Å². The average Bonchev–Trinajstić information content (AvgIpc) is 3.12. The Morgan fingerprint density at radius 1 is 1.36 bits per heavy atom. The van der Waals surface area contributed by atoms with E-state index in [0.717, 1.165) is 37.4 Å². The van der Waals surface area contributed by atoms with Gasteiger partial charge in [-0.2, -0.15) is 5.10 Å². The highest BCUT2D eigenvalue weighted by Crippen LogP contribution is 2.15. The second kappa shape index (κ2) is 8.29. The largest absolute Gasteiger partial charge is 0.309 e. The van der Waals surface area contributed by atoms with E-state index in [1.165, 1.54) is 17.0 Å². The van der Waals surface area contributed by atoms with E-state index < -0.39 is 0 Å². The van der Waals surface area contributed by atoms with Crippen LogP contribution in [0.15, 0.2) is 22.3 Å². The van der Waals surface area contributed by atoms with Crippen LogP contribution in [0.1, 0.15) is 17.2 Å². The van der Waals surface area contributed by atoms with Crippen molar-refractivity contribution in [1.82, 2.24) is 30.0 Å². The van der Waals surface area contributed by atoms with Crippen molar-refractivity contribution in [2.24, 2.45) is 0 Å². The summed E-state index contributed by atoms with van der Waals surface area (Å²) >= 11 is 1.42. The number of H-pyrrole nitrogens is 1.